The third kappa shape index (κ3) is 1.00. The van der Waals surface area contributed by atoms with Crippen LogP contribution in [0.25, 0.3) is 0 Å². The smallest absolute Gasteiger partial charge is 0.181 e. The minimum atomic E-state index is 1.05. The molecule has 0 atom stereocenters. The summed E-state index contributed by atoms with van der Waals surface area (Å²) in [6, 6.07) is 0. The molecular weight excluding hydrogens is 100 g/mol. The summed E-state index contributed by atoms with van der Waals surface area (Å²) in [5, 5.41) is 10.7. The monoisotopic (exact) mass is 108 g/mol. The van der Waals surface area contributed by atoms with Crippen molar-refractivity contribution in [1.82, 2.24) is 5.32 Å². The SMILES string of the molecule is N#CNC1=CCCC1. The number of rotatable bonds is 1. The lowest BCUT2D eigenvalue weighted by atomic mass is 10.3. The van der Waals surface area contributed by atoms with Crippen LogP contribution in [0.5, 0.6) is 0 Å². The number of hydrogen-bond acceptors (Lipinski definition) is 2. The standard InChI is InChI=1S/C6H8N2/c7-5-8-6-3-1-2-4-6/h3,8H,1-2,4H2. The van der Waals surface area contributed by atoms with Gasteiger partial charge in [0.15, 0.2) is 6.19 Å². The van der Waals surface area contributed by atoms with Crippen LogP contribution in [0.4, 0.5) is 0 Å². The van der Waals surface area contributed by atoms with Gasteiger partial charge in [0.2, 0.25) is 0 Å². The van der Waals surface area contributed by atoms with E-state index in [1.807, 2.05) is 6.19 Å². The highest BCUT2D eigenvalue weighted by Gasteiger charge is 2.00. The Morgan fingerprint density at radius 2 is 2.62 bits per heavy atom. The summed E-state index contributed by atoms with van der Waals surface area (Å²) in [6.07, 6.45) is 7.34. The van der Waals surface area contributed by atoms with Gasteiger partial charge in [0.05, 0.1) is 0 Å². The summed E-state index contributed by atoms with van der Waals surface area (Å²) in [7, 11) is 0. The van der Waals surface area contributed by atoms with Crippen molar-refractivity contribution >= 4 is 0 Å². The zero-order valence-corrected chi connectivity index (χ0v) is 4.65. The third-order valence-corrected chi connectivity index (χ3v) is 1.26. The van der Waals surface area contributed by atoms with E-state index >= 15 is 0 Å². The molecule has 0 heterocycles. The summed E-state index contributed by atoms with van der Waals surface area (Å²) in [5.41, 5.74) is 1.09. The molecule has 0 unspecified atom stereocenters. The molecule has 0 aromatic rings. The van der Waals surface area contributed by atoms with Gasteiger partial charge in [-0.2, -0.15) is 5.26 Å². The lowest BCUT2D eigenvalue weighted by Gasteiger charge is -1.91. The van der Waals surface area contributed by atoms with E-state index in [1.165, 1.54) is 6.42 Å². The van der Waals surface area contributed by atoms with Crippen molar-refractivity contribution in [2.75, 3.05) is 0 Å². The van der Waals surface area contributed by atoms with Gasteiger partial charge < -0.3 is 0 Å². The Morgan fingerprint density at radius 3 is 3.12 bits per heavy atom. The zero-order valence-electron chi connectivity index (χ0n) is 4.65. The van der Waals surface area contributed by atoms with Crippen LogP contribution in [0.15, 0.2) is 11.8 Å². The minimum Gasteiger partial charge on any atom is -0.297 e. The van der Waals surface area contributed by atoms with Crippen LogP contribution in [0, 0.1) is 11.5 Å². The van der Waals surface area contributed by atoms with Crippen molar-refractivity contribution in [1.29, 1.82) is 5.26 Å². The molecule has 0 amide bonds. The van der Waals surface area contributed by atoms with Gasteiger partial charge in [-0.15, -0.1) is 0 Å². The molecular formula is C6H8N2. The molecule has 1 rings (SSSR count). The summed E-state index contributed by atoms with van der Waals surface area (Å²) in [6.45, 7) is 0. The number of allylic oxidation sites excluding steroid dienone is 2. The molecule has 2 nitrogen and oxygen atoms in total. The maximum atomic E-state index is 8.12. The zero-order chi connectivity index (χ0) is 5.82. The molecule has 8 heavy (non-hydrogen) atoms. The van der Waals surface area contributed by atoms with Crippen LogP contribution >= 0.6 is 0 Å². The van der Waals surface area contributed by atoms with E-state index in [4.69, 9.17) is 5.26 Å². The van der Waals surface area contributed by atoms with Gasteiger partial charge in [-0.3, -0.25) is 5.32 Å². The Balaban J connectivity index is 2.36. The fourth-order valence-corrected chi connectivity index (χ4v) is 0.856. The summed E-state index contributed by atoms with van der Waals surface area (Å²) in [5.74, 6) is 0. The Morgan fingerprint density at radius 1 is 1.75 bits per heavy atom. The van der Waals surface area contributed by atoms with Crippen LogP contribution in [-0.2, 0) is 0 Å². The van der Waals surface area contributed by atoms with E-state index in [0.29, 0.717) is 0 Å². The summed E-state index contributed by atoms with van der Waals surface area (Å²) < 4.78 is 0. The quantitative estimate of drug-likeness (QED) is 0.403. The van der Waals surface area contributed by atoms with Crippen molar-refractivity contribution in [3.63, 3.8) is 0 Å². The van der Waals surface area contributed by atoms with Crippen LogP contribution in [0.2, 0.25) is 0 Å². The van der Waals surface area contributed by atoms with Crippen molar-refractivity contribution in [2.24, 2.45) is 0 Å². The molecule has 1 N–H and O–H groups in total. The number of nitriles is 1. The Bertz CT molecular complexity index is 141. The van der Waals surface area contributed by atoms with Crippen molar-refractivity contribution in [3.8, 4) is 6.19 Å². The maximum absolute atomic E-state index is 8.12. The van der Waals surface area contributed by atoms with Gasteiger partial charge in [0.1, 0.15) is 0 Å². The average Bonchev–Trinajstić information content (AvgIpc) is 2.19. The largest absolute Gasteiger partial charge is 0.297 e. The topological polar surface area (TPSA) is 35.8 Å². The van der Waals surface area contributed by atoms with E-state index < -0.39 is 0 Å². The molecule has 0 saturated heterocycles. The third-order valence-electron chi connectivity index (χ3n) is 1.26. The molecule has 0 aromatic carbocycles. The second-order valence-electron chi connectivity index (χ2n) is 1.86. The molecule has 0 spiro atoms. The highest BCUT2D eigenvalue weighted by Crippen LogP contribution is 2.13. The molecule has 1 aliphatic carbocycles. The Labute approximate surface area is 48.8 Å². The Hall–Kier alpha value is -0.970. The first kappa shape index (κ1) is 5.17. The van der Waals surface area contributed by atoms with E-state index in [1.54, 1.807) is 0 Å². The van der Waals surface area contributed by atoms with Gasteiger partial charge in [-0.25, -0.2) is 0 Å². The number of hydrogen-bond donors (Lipinski definition) is 1. The second-order valence-corrected chi connectivity index (χ2v) is 1.86. The van der Waals surface area contributed by atoms with E-state index in [2.05, 4.69) is 11.4 Å². The molecule has 0 bridgehead atoms. The van der Waals surface area contributed by atoms with Crippen LogP contribution < -0.4 is 5.32 Å². The first-order valence-corrected chi connectivity index (χ1v) is 2.77. The maximum Gasteiger partial charge on any atom is 0.181 e. The summed E-state index contributed by atoms with van der Waals surface area (Å²) >= 11 is 0. The van der Waals surface area contributed by atoms with Crippen LogP contribution in [0.1, 0.15) is 19.3 Å². The first-order chi connectivity index (χ1) is 3.93. The minimum absolute atomic E-state index is 1.05. The molecule has 0 aromatic heterocycles. The van der Waals surface area contributed by atoms with Gasteiger partial charge >= 0.3 is 0 Å². The van der Waals surface area contributed by atoms with E-state index in [-0.39, 0.29) is 0 Å². The molecule has 1 aliphatic rings. The molecule has 0 fully saturated rings. The number of nitrogens with one attached hydrogen (secondary N) is 1. The van der Waals surface area contributed by atoms with Gasteiger partial charge in [-0.1, -0.05) is 6.08 Å². The predicted octanol–water partition coefficient (Wildman–Crippen LogP) is 1.12. The Kier molecular flexibility index (Phi) is 1.53. The molecule has 2 heteroatoms. The highest BCUT2D eigenvalue weighted by atomic mass is 14.9. The second kappa shape index (κ2) is 2.37. The van der Waals surface area contributed by atoms with E-state index in [0.717, 1.165) is 18.5 Å². The fraction of sp³-hybridized carbons (Fsp3) is 0.500. The lowest BCUT2D eigenvalue weighted by molar-refractivity contribution is 0.870. The van der Waals surface area contributed by atoms with Gasteiger partial charge in [0, 0.05) is 5.70 Å². The summed E-state index contributed by atoms with van der Waals surface area (Å²) in [4.78, 5) is 0. The highest BCUT2D eigenvalue weighted by molar-refractivity contribution is 5.07. The number of nitrogens with zero attached hydrogens (tertiary/aromatic N) is 1. The van der Waals surface area contributed by atoms with Crippen LogP contribution in [-0.4, -0.2) is 0 Å². The molecule has 42 valence electrons. The molecule has 0 saturated carbocycles. The average molecular weight is 108 g/mol. The first-order valence-electron chi connectivity index (χ1n) is 2.77. The normalized spacial score (nSPS) is 17.1. The van der Waals surface area contributed by atoms with Crippen LogP contribution in [0.3, 0.4) is 0 Å². The lowest BCUT2D eigenvalue weighted by Crippen LogP contribution is -2.00. The molecule has 0 aliphatic heterocycles. The van der Waals surface area contributed by atoms with Crippen molar-refractivity contribution in [2.45, 2.75) is 19.3 Å². The van der Waals surface area contributed by atoms with Crippen molar-refractivity contribution < 1.29 is 0 Å². The predicted molar refractivity (Wildman–Crippen MR) is 30.7 cm³/mol. The van der Waals surface area contributed by atoms with Gasteiger partial charge in [0.25, 0.3) is 0 Å². The fourth-order valence-electron chi connectivity index (χ4n) is 0.856. The van der Waals surface area contributed by atoms with Crippen molar-refractivity contribution in [3.05, 3.63) is 11.8 Å². The van der Waals surface area contributed by atoms with E-state index in [9.17, 15) is 0 Å². The molecule has 0 radical (unpaired) electrons. The van der Waals surface area contributed by atoms with Gasteiger partial charge in [-0.05, 0) is 19.3 Å².